The zero-order valence-corrected chi connectivity index (χ0v) is 20.0. The lowest BCUT2D eigenvalue weighted by atomic mass is 9.98. The van der Waals surface area contributed by atoms with E-state index in [0.29, 0.717) is 6.92 Å². The van der Waals surface area contributed by atoms with Crippen molar-refractivity contribution in [2.45, 2.75) is 42.7 Å². The summed E-state index contributed by atoms with van der Waals surface area (Å²) in [5.74, 6) is -5.12. The SMILES string of the molecule is CC(F)(F)c1ccc([C@H](NC(=O)[C@H]2C=CCN2C(=O)c2cccc(S(C)(=O)=O)c2)C2CC2)c(F)c1. The van der Waals surface area contributed by atoms with Gasteiger partial charge in [0.1, 0.15) is 11.9 Å². The van der Waals surface area contributed by atoms with Gasteiger partial charge in [-0.2, -0.15) is 0 Å². The summed E-state index contributed by atoms with van der Waals surface area (Å²) in [6.45, 7) is 0.827. The first kappa shape index (κ1) is 25.0. The summed E-state index contributed by atoms with van der Waals surface area (Å²) in [6, 6.07) is 7.09. The first-order valence-corrected chi connectivity index (χ1v) is 13.0. The van der Waals surface area contributed by atoms with Gasteiger partial charge in [-0.15, -0.1) is 0 Å². The number of rotatable bonds is 7. The molecular weight excluding hydrogens is 481 g/mol. The number of sulfone groups is 1. The van der Waals surface area contributed by atoms with E-state index >= 15 is 0 Å². The van der Waals surface area contributed by atoms with Gasteiger partial charge in [0.25, 0.3) is 11.8 Å². The lowest BCUT2D eigenvalue weighted by molar-refractivity contribution is -0.124. The largest absolute Gasteiger partial charge is 0.347 e. The number of halogens is 3. The molecular formula is C25H25F3N2O4S. The van der Waals surface area contributed by atoms with E-state index < -0.39 is 51.0 Å². The second-order valence-corrected chi connectivity index (χ2v) is 11.1. The van der Waals surface area contributed by atoms with Crippen molar-refractivity contribution in [2.24, 2.45) is 5.92 Å². The zero-order chi connectivity index (χ0) is 25.5. The van der Waals surface area contributed by atoms with Gasteiger partial charge in [-0.3, -0.25) is 9.59 Å². The molecule has 1 aliphatic heterocycles. The number of nitrogens with zero attached hydrogens (tertiary/aromatic N) is 1. The average molecular weight is 507 g/mol. The number of alkyl halides is 2. The van der Waals surface area contributed by atoms with Gasteiger partial charge in [-0.1, -0.05) is 30.4 Å². The van der Waals surface area contributed by atoms with Gasteiger partial charge >= 0.3 is 0 Å². The maximum atomic E-state index is 14.8. The molecule has 35 heavy (non-hydrogen) atoms. The van der Waals surface area contributed by atoms with E-state index in [9.17, 15) is 31.2 Å². The Bertz CT molecular complexity index is 1300. The predicted molar refractivity (Wildman–Crippen MR) is 123 cm³/mol. The van der Waals surface area contributed by atoms with Crippen LogP contribution in [-0.2, 0) is 20.6 Å². The third kappa shape index (κ3) is 5.42. The number of hydrogen-bond donors (Lipinski definition) is 1. The third-order valence-electron chi connectivity index (χ3n) is 6.23. The summed E-state index contributed by atoms with van der Waals surface area (Å²) in [5.41, 5.74) is -0.212. The van der Waals surface area contributed by atoms with Gasteiger partial charge in [0.05, 0.1) is 10.9 Å². The van der Waals surface area contributed by atoms with Crippen LogP contribution in [0.4, 0.5) is 13.2 Å². The predicted octanol–water partition coefficient (Wildman–Crippen LogP) is 3.99. The second kappa shape index (κ2) is 9.14. The smallest absolute Gasteiger partial charge is 0.270 e. The van der Waals surface area contributed by atoms with Crippen molar-refractivity contribution < 1.29 is 31.2 Å². The molecule has 0 spiro atoms. The van der Waals surface area contributed by atoms with Crippen molar-refractivity contribution in [1.29, 1.82) is 0 Å². The van der Waals surface area contributed by atoms with Crippen LogP contribution < -0.4 is 5.32 Å². The monoisotopic (exact) mass is 506 g/mol. The first-order chi connectivity index (χ1) is 16.4. The molecule has 0 radical (unpaired) electrons. The minimum absolute atomic E-state index is 0.0121. The van der Waals surface area contributed by atoms with Gasteiger partial charge in [0.15, 0.2) is 9.84 Å². The minimum Gasteiger partial charge on any atom is -0.347 e. The minimum atomic E-state index is -3.53. The molecule has 1 N–H and O–H groups in total. The highest BCUT2D eigenvalue weighted by atomic mass is 32.2. The lowest BCUT2D eigenvalue weighted by Crippen LogP contribution is -2.47. The van der Waals surface area contributed by atoms with Crippen molar-refractivity contribution >= 4 is 21.7 Å². The van der Waals surface area contributed by atoms with Crippen LogP contribution in [0.3, 0.4) is 0 Å². The van der Waals surface area contributed by atoms with Crippen LogP contribution in [0.2, 0.25) is 0 Å². The Morgan fingerprint density at radius 1 is 1.14 bits per heavy atom. The molecule has 186 valence electrons. The molecule has 4 rings (SSSR count). The summed E-state index contributed by atoms with van der Waals surface area (Å²) >= 11 is 0. The van der Waals surface area contributed by atoms with E-state index in [1.165, 1.54) is 35.2 Å². The summed E-state index contributed by atoms with van der Waals surface area (Å²) in [7, 11) is -3.53. The van der Waals surface area contributed by atoms with E-state index in [1.54, 1.807) is 12.2 Å². The van der Waals surface area contributed by atoms with Crippen LogP contribution in [0.1, 0.15) is 47.3 Å². The first-order valence-electron chi connectivity index (χ1n) is 11.1. The van der Waals surface area contributed by atoms with E-state index in [1.807, 2.05) is 0 Å². The molecule has 2 aliphatic rings. The highest BCUT2D eigenvalue weighted by Gasteiger charge is 2.39. The number of amides is 2. The molecule has 10 heteroatoms. The van der Waals surface area contributed by atoms with Crippen LogP contribution in [0.25, 0.3) is 0 Å². The standard InChI is InChI=1S/C25H25F3N2O4S/c1-25(27,28)17-10-11-19(20(26)14-17)22(15-8-9-15)29-23(31)21-7-4-12-30(21)24(32)16-5-3-6-18(13-16)35(2,33)34/h3-7,10-11,13-15,21-22H,8-9,12H2,1-2H3,(H,29,31)/t21-,22-/m1/s1. The normalized spacial score (nSPS) is 19.0. The number of carbonyl (C=O) groups excluding carboxylic acids is 2. The van der Waals surface area contributed by atoms with E-state index in [2.05, 4.69) is 5.32 Å². The van der Waals surface area contributed by atoms with Crippen LogP contribution in [-0.4, -0.2) is 44.0 Å². The fourth-order valence-electron chi connectivity index (χ4n) is 4.15. The van der Waals surface area contributed by atoms with Gasteiger partial charge in [0, 0.05) is 36.4 Å². The van der Waals surface area contributed by atoms with E-state index in [-0.39, 0.29) is 28.5 Å². The quantitative estimate of drug-likeness (QED) is 0.576. The molecule has 1 fully saturated rings. The van der Waals surface area contributed by atoms with Crippen molar-refractivity contribution in [3.05, 3.63) is 77.1 Å². The van der Waals surface area contributed by atoms with Gasteiger partial charge in [-0.25, -0.2) is 21.6 Å². The van der Waals surface area contributed by atoms with Crippen LogP contribution in [0, 0.1) is 11.7 Å². The van der Waals surface area contributed by atoms with Crippen LogP contribution >= 0.6 is 0 Å². The molecule has 1 saturated carbocycles. The highest BCUT2D eigenvalue weighted by Crippen LogP contribution is 2.42. The Morgan fingerprint density at radius 2 is 1.86 bits per heavy atom. The summed E-state index contributed by atoms with van der Waals surface area (Å²) in [4.78, 5) is 27.6. The topological polar surface area (TPSA) is 83.6 Å². The number of benzene rings is 2. The Hall–Kier alpha value is -3.14. The van der Waals surface area contributed by atoms with Crippen LogP contribution in [0.5, 0.6) is 0 Å². The molecule has 1 heterocycles. The molecule has 2 amide bonds. The Morgan fingerprint density at radius 3 is 2.46 bits per heavy atom. The molecule has 2 aromatic rings. The Labute approximate surface area is 201 Å². The van der Waals surface area contributed by atoms with Crippen LogP contribution in [0.15, 0.2) is 59.5 Å². The highest BCUT2D eigenvalue weighted by molar-refractivity contribution is 7.90. The molecule has 2 atom stereocenters. The number of hydrogen-bond acceptors (Lipinski definition) is 4. The second-order valence-electron chi connectivity index (χ2n) is 9.08. The zero-order valence-electron chi connectivity index (χ0n) is 19.2. The molecule has 1 aliphatic carbocycles. The van der Waals surface area contributed by atoms with Gasteiger partial charge < -0.3 is 10.2 Å². The lowest BCUT2D eigenvalue weighted by Gasteiger charge is -2.27. The molecule has 0 saturated heterocycles. The van der Waals surface area contributed by atoms with Crippen molar-refractivity contribution in [2.75, 3.05) is 12.8 Å². The van der Waals surface area contributed by atoms with Crippen molar-refractivity contribution in [3.63, 3.8) is 0 Å². The fourth-order valence-corrected chi connectivity index (χ4v) is 4.82. The van der Waals surface area contributed by atoms with Gasteiger partial charge in [0.2, 0.25) is 5.91 Å². The molecule has 0 aromatic heterocycles. The van der Waals surface area contributed by atoms with E-state index in [4.69, 9.17) is 0 Å². The summed E-state index contributed by atoms with van der Waals surface area (Å²) in [6.07, 6.45) is 5.73. The van der Waals surface area contributed by atoms with E-state index in [0.717, 1.165) is 31.2 Å². The average Bonchev–Trinajstić information content (AvgIpc) is 3.51. The molecule has 2 aromatic carbocycles. The Kier molecular flexibility index (Phi) is 6.52. The molecule has 0 bridgehead atoms. The molecule has 6 nitrogen and oxygen atoms in total. The number of carbonyl (C=O) groups is 2. The maximum absolute atomic E-state index is 14.8. The Balaban J connectivity index is 1.54. The summed E-state index contributed by atoms with van der Waals surface area (Å²) < 4.78 is 65.7. The number of nitrogens with one attached hydrogen (secondary N) is 1. The summed E-state index contributed by atoms with van der Waals surface area (Å²) in [5, 5.41) is 2.80. The maximum Gasteiger partial charge on any atom is 0.270 e. The van der Waals surface area contributed by atoms with Crippen molar-refractivity contribution in [1.82, 2.24) is 10.2 Å². The van der Waals surface area contributed by atoms with Gasteiger partial charge in [-0.05, 0) is 43.0 Å². The third-order valence-corrected chi connectivity index (χ3v) is 7.34. The fraction of sp³-hybridized carbons (Fsp3) is 0.360. The molecule has 0 unspecified atom stereocenters. The van der Waals surface area contributed by atoms with Crippen molar-refractivity contribution in [3.8, 4) is 0 Å².